The van der Waals surface area contributed by atoms with Gasteiger partial charge in [0, 0.05) is 19.2 Å². The zero-order chi connectivity index (χ0) is 13.8. The van der Waals surface area contributed by atoms with Gasteiger partial charge < -0.3 is 21.3 Å². The van der Waals surface area contributed by atoms with E-state index >= 15 is 0 Å². The average Bonchev–Trinajstić information content (AvgIpc) is 3.07. The fourth-order valence-electron chi connectivity index (χ4n) is 2.43. The third kappa shape index (κ3) is 2.53. The van der Waals surface area contributed by atoms with Gasteiger partial charge in [-0.25, -0.2) is 9.50 Å². The maximum absolute atomic E-state index is 9.12. The smallest absolute Gasteiger partial charge is 0.151 e. The van der Waals surface area contributed by atoms with Gasteiger partial charge in [-0.05, 0) is 25.0 Å². The van der Waals surface area contributed by atoms with Crippen LogP contribution in [0.5, 0.6) is 0 Å². The molecule has 0 bridgehead atoms. The Labute approximate surface area is 111 Å². The molecule has 0 spiro atoms. The Morgan fingerprint density at radius 1 is 1.42 bits per heavy atom. The maximum atomic E-state index is 9.12. The van der Waals surface area contributed by atoms with Gasteiger partial charge in [0.05, 0.1) is 12.3 Å². The Bertz CT molecular complexity index is 542. The molecule has 3 rings (SSSR count). The van der Waals surface area contributed by atoms with E-state index in [1.165, 1.54) is 6.33 Å². The fourth-order valence-corrected chi connectivity index (χ4v) is 2.43. The standard InChI is InChI=1S/C11H15N5O.CH4O/c12-11-10-4-3-9(16(10)14-6-13-11)8-2-1-7(5-17)15-8;1-2/h3-4,6-8,15,17H,1-2,5H2,(H2,12,13,14);2H,1H3/t7-,8+;/m0./s1. The average molecular weight is 265 g/mol. The number of nitrogens with zero attached hydrogens (tertiary/aromatic N) is 3. The maximum Gasteiger partial charge on any atom is 0.151 e. The molecule has 0 unspecified atom stereocenters. The van der Waals surface area contributed by atoms with Crippen LogP contribution < -0.4 is 11.1 Å². The highest BCUT2D eigenvalue weighted by Crippen LogP contribution is 2.28. The first-order chi connectivity index (χ1) is 9.29. The lowest BCUT2D eigenvalue weighted by atomic mass is 10.1. The summed E-state index contributed by atoms with van der Waals surface area (Å²) in [5.41, 5.74) is 7.69. The van der Waals surface area contributed by atoms with Crippen LogP contribution in [0.2, 0.25) is 0 Å². The highest BCUT2D eigenvalue weighted by Gasteiger charge is 2.26. The van der Waals surface area contributed by atoms with Gasteiger partial charge in [0.1, 0.15) is 11.8 Å². The zero-order valence-electron chi connectivity index (χ0n) is 10.8. The molecule has 0 saturated carbocycles. The number of aliphatic hydroxyl groups is 2. The molecule has 0 radical (unpaired) electrons. The van der Waals surface area contributed by atoms with E-state index in [1.54, 1.807) is 0 Å². The van der Waals surface area contributed by atoms with Crippen molar-refractivity contribution in [3.63, 3.8) is 0 Å². The number of nitrogen functional groups attached to an aromatic ring is 1. The predicted molar refractivity (Wildman–Crippen MR) is 71.5 cm³/mol. The molecule has 5 N–H and O–H groups in total. The SMILES string of the molecule is CO.Nc1ncnn2c([C@H]3CC[C@@H](CO)N3)ccc12. The van der Waals surface area contributed by atoms with Crippen molar-refractivity contribution < 1.29 is 10.2 Å². The molecule has 1 aliphatic rings. The first-order valence-electron chi connectivity index (χ1n) is 6.19. The number of aliphatic hydroxyl groups excluding tert-OH is 2. The lowest BCUT2D eigenvalue weighted by Crippen LogP contribution is -2.28. The summed E-state index contributed by atoms with van der Waals surface area (Å²) in [5.74, 6) is 0.489. The van der Waals surface area contributed by atoms with E-state index in [9.17, 15) is 0 Å². The Balaban J connectivity index is 0.000000637. The second kappa shape index (κ2) is 5.96. The van der Waals surface area contributed by atoms with E-state index in [4.69, 9.17) is 15.9 Å². The second-order valence-electron chi connectivity index (χ2n) is 4.38. The highest BCUT2D eigenvalue weighted by atomic mass is 16.3. The first kappa shape index (κ1) is 13.7. The molecule has 19 heavy (non-hydrogen) atoms. The summed E-state index contributed by atoms with van der Waals surface area (Å²) in [6.07, 6.45) is 3.44. The molecule has 2 atom stereocenters. The fraction of sp³-hybridized carbons (Fsp3) is 0.500. The third-order valence-electron chi connectivity index (χ3n) is 3.33. The van der Waals surface area contributed by atoms with Crippen molar-refractivity contribution in [1.29, 1.82) is 0 Å². The second-order valence-corrected chi connectivity index (χ2v) is 4.38. The molecule has 7 heteroatoms. The van der Waals surface area contributed by atoms with Crippen molar-refractivity contribution in [2.24, 2.45) is 0 Å². The minimum atomic E-state index is 0.178. The molecular formula is C12H19N5O2. The van der Waals surface area contributed by atoms with Crippen LogP contribution in [0.1, 0.15) is 24.6 Å². The molecule has 104 valence electrons. The number of aromatic nitrogens is 3. The van der Waals surface area contributed by atoms with Crippen molar-refractivity contribution in [3.8, 4) is 0 Å². The molecule has 1 saturated heterocycles. The van der Waals surface area contributed by atoms with Crippen molar-refractivity contribution in [2.45, 2.75) is 24.9 Å². The van der Waals surface area contributed by atoms with Crippen LogP contribution in [0.4, 0.5) is 5.82 Å². The van der Waals surface area contributed by atoms with Crippen molar-refractivity contribution in [3.05, 3.63) is 24.2 Å². The van der Waals surface area contributed by atoms with Crippen LogP contribution in [0.15, 0.2) is 18.5 Å². The van der Waals surface area contributed by atoms with E-state index in [2.05, 4.69) is 15.4 Å². The minimum Gasteiger partial charge on any atom is -0.400 e. The number of rotatable bonds is 2. The van der Waals surface area contributed by atoms with Crippen molar-refractivity contribution in [1.82, 2.24) is 19.9 Å². The van der Waals surface area contributed by atoms with Crippen LogP contribution in [0.3, 0.4) is 0 Å². The zero-order valence-corrected chi connectivity index (χ0v) is 10.8. The largest absolute Gasteiger partial charge is 0.400 e. The quantitative estimate of drug-likeness (QED) is 0.594. The Hall–Kier alpha value is -1.70. The van der Waals surface area contributed by atoms with Crippen LogP contribution in [-0.2, 0) is 0 Å². The molecule has 0 amide bonds. The van der Waals surface area contributed by atoms with Gasteiger partial charge in [-0.1, -0.05) is 0 Å². The molecule has 1 aliphatic heterocycles. The van der Waals surface area contributed by atoms with Gasteiger partial charge in [-0.2, -0.15) is 5.10 Å². The summed E-state index contributed by atoms with van der Waals surface area (Å²) in [6.45, 7) is 0.178. The first-order valence-corrected chi connectivity index (χ1v) is 6.19. The summed E-state index contributed by atoms with van der Waals surface area (Å²) < 4.78 is 1.82. The van der Waals surface area contributed by atoms with Crippen LogP contribution in [0.25, 0.3) is 5.52 Å². The van der Waals surface area contributed by atoms with Gasteiger partial charge in [0.15, 0.2) is 5.82 Å². The van der Waals surface area contributed by atoms with E-state index in [0.717, 1.165) is 31.2 Å². The highest BCUT2D eigenvalue weighted by molar-refractivity contribution is 5.65. The Kier molecular flexibility index (Phi) is 4.31. The van der Waals surface area contributed by atoms with E-state index in [0.29, 0.717) is 5.82 Å². The van der Waals surface area contributed by atoms with E-state index in [1.807, 2.05) is 16.6 Å². The summed E-state index contributed by atoms with van der Waals surface area (Å²) in [5, 5.41) is 23.7. The van der Waals surface area contributed by atoms with Gasteiger partial charge >= 0.3 is 0 Å². The summed E-state index contributed by atoms with van der Waals surface area (Å²) in [6, 6.07) is 4.35. The topological polar surface area (TPSA) is 109 Å². The Morgan fingerprint density at radius 2 is 2.21 bits per heavy atom. The van der Waals surface area contributed by atoms with Crippen LogP contribution >= 0.6 is 0 Å². The van der Waals surface area contributed by atoms with Gasteiger partial charge in [-0.15, -0.1) is 0 Å². The van der Waals surface area contributed by atoms with Crippen LogP contribution in [0, 0.1) is 0 Å². The lowest BCUT2D eigenvalue weighted by molar-refractivity contribution is 0.251. The van der Waals surface area contributed by atoms with Gasteiger partial charge in [-0.3, -0.25) is 0 Å². The van der Waals surface area contributed by atoms with Gasteiger partial charge in [0.2, 0.25) is 0 Å². The number of hydrogen-bond donors (Lipinski definition) is 4. The molecule has 1 fully saturated rings. The number of nitrogens with one attached hydrogen (secondary N) is 1. The number of fused-ring (bicyclic) bond motifs is 1. The molecule has 2 aromatic heterocycles. The minimum absolute atomic E-state index is 0.178. The number of hydrogen-bond acceptors (Lipinski definition) is 6. The van der Waals surface area contributed by atoms with Crippen molar-refractivity contribution >= 4 is 11.3 Å². The normalized spacial score (nSPS) is 22.3. The Morgan fingerprint density at radius 3 is 2.89 bits per heavy atom. The van der Waals surface area contributed by atoms with Crippen LogP contribution in [-0.4, -0.2) is 44.6 Å². The predicted octanol–water partition coefficient (Wildman–Crippen LogP) is -0.295. The molecule has 2 aromatic rings. The molecular weight excluding hydrogens is 246 g/mol. The summed E-state index contributed by atoms with van der Waals surface area (Å²) in [4.78, 5) is 3.96. The lowest BCUT2D eigenvalue weighted by Gasteiger charge is -2.12. The van der Waals surface area contributed by atoms with E-state index < -0.39 is 0 Å². The number of nitrogens with two attached hydrogens (primary N) is 1. The van der Waals surface area contributed by atoms with E-state index in [-0.39, 0.29) is 18.7 Å². The summed E-state index contributed by atoms with van der Waals surface area (Å²) in [7, 11) is 1.00. The summed E-state index contributed by atoms with van der Waals surface area (Å²) >= 11 is 0. The number of anilines is 1. The molecule has 0 aliphatic carbocycles. The monoisotopic (exact) mass is 265 g/mol. The molecule has 0 aromatic carbocycles. The molecule has 3 heterocycles. The van der Waals surface area contributed by atoms with Crippen molar-refractivity contribution in [2.75, 3.05) is 19.5 Å². The third-order valence-corrected chi connectivity index (χ3v) is 3.33. The molecule has 7 nitrogen and oxygen atoms in total. The van der Waals surface area contributed by atoms with Gasteiger partial charge in [0.25, 0.3) is 0 Å².